The van der Waals surface area contributed by atoms with Crippen molar-refractivity contribution < 1.29 is 10.2 Å². The topological polar surface area (TPSA) is 57.8 Å². The number of imidazole rings is 1. The van der Waals surface area contributed by atoms with Crippen LogP contribution in [0.25, 0.3) is 16.9 Å². The number of phenols is 1. The number of hydrogen-bond donors (Lipinski definition) is 2. The standard InChI is InChI=1S/C13H9BrN2O2/c14-12-9-5-3-7-11(18)16(9)13(15-12)8-4-1-2-6-10(8)17/h1-7,17-18H. The Kier molecular flexibility index (Phi) is 2.48. The van der Waals surface area contributed by atoms with Crippen molar-refractivity contribution in [3.05, 3.63) is 47.1 Å². The molecule has 3 rings (SSSR count). The molecule has 2 N–H and O–H groups in total. The fraction of sp³-hybridized carbons (Fsp3) is 0. The zero-order valence-electron chi connectivity index (χ0n) is 9.21. The van der Waals surface area contributed by atoms with E-state index in [9.17, 15) is 10.2 Å². The van der Waals surface area contributed by atoms with Gasteiger partial charge < -0.3 is 10.2 Å². The minimum absolute atomic E-state index is 0.0731. The van der Waals surface area contributed by atoms with Crippen molar-refractivity contribution in [3.63, 3.8) is 0 Å². The largest absolute Gasteiger partial charge is 0.507 e. The Morgan fingerprint density at radius 1 is 1.00 bits per heavy atom. The molecule has 3 aromatic rings. The van der Waals surface area contributed by atoms with E-state index in [4.69, 9.17) is 0 Å². The molecule has 0 atom stereocenters. The first-order chi connectivity index (χ1) is 8.68. The number of para-hydroxylation sites is 1. The summed E-state index contributed by atoms with van der Waals surface area (Å²) in [6.45, 7) is 0. The molecular weight excluding hydrogens is 296 g/mol. The van der Waals surface area contributed by atoms with Gasteiger partial charge in [-0.1, -0.05) is 18.2 Å². The molecule has 0 spiro atoms. The van der Waals surface area contributed by atoms with E-state index in [-0.39, 0.29) is 11.6 Å². The number of benzene rings is 1. The molecule has 90 valence electrons. The Hall–Kier alpha value is -2.01. The number of aromatic nitrogens is 2. The Morgan fingerprint density at radius 2 is 1.78 bits per heavy atom. The van der Waals surface area contributed by atoms with E-state index in [1.54, 1.807) is 34.7 Å². The third kappa shape index (κ3) is 1.55. The first-order valence-electron chi connectivity index (χ1n) is 5.33. The highest BCUT2D eigenvalue weighted by molar-refractivity contribution is 9.10. The molecule has 0 fully saturated rings. The number of fused-ring (bicyclic) bond motifs is 1. The van der Waals surface area contributed by atoms with Gasteiger partial charge >= 0.3 is 0 Å². The van der Waals surface area contributed by atoms with Crippen molar-refractivity contribution in [1.29, 1.82) is 0 Å². The van der Waals surface area contributed by atoms with Gasteiger partial charge in [0.05, 0.1) is 11.1 Å². The van der Waals surface area contributed by atoms with E-state index in [1.165, 1.54) is 0 Å². The third-order valence-corrected chi connectivity index (χ3v) is 3.33. The molecule has 4 nitrogen and oxygen atoms in total. The molecule has 5 heteroatoms. The third-order valence-electron chi connectivity index (χ3n) is 2.74. The van der Waals surface area contributed by atoms with Crippen molar-refractivity contribution >= 4 is 21.4 Å². The smallest absolute Gasteiger partial charge is 0.197 e. The molecule has 0 radical (unpaired) electrons. The van der Waals surface area contributed by atoms with Crippen LogP contribution in [-0.2, 0) is 0 Å². The van der Waals surface area contributed by atoms with Gasteiger partial charge in [0.1, 0.15) is 10.4 Å². The highest BCUT2D eigenvalue weighted by Crippen LogP contribution is 2.33. The summed E-state index contributed by atoms with van der Waals surface area (Å²) in [5.74, 6) is 0.692. The van der Waals surface area contributed by atoms with Crippen LogP contribution in [0, 0.1) is 0 Å². The number of pyridine rings is 1. The molecule has 0 unspecified atom stereocenters. The van der Waals surface area contributed by atoms with Crippen molar-refractivity contribution in [2.75, 3.05) is 0 Å². The molecule has 0 saturated carbocycles. The predicted molar refractivity (Wildman–Crippen MR) is 71.7 cm³/mol. The fourth-order valence-electron chi connectivity index (χ4n) is 1.93. The molecule has 0 saturated heterocycles. The molecule has 0 aliphatic carbocycles. The second-order valence-corrected chi connectivity index (χ2v) is 4.60. The molecule has 1 aromatic carbocycles. The van der Waals surface area contributed by atoms with Crippen molar-refractivity contribution in [2.45, 2.75) is 0 Å². The average molecular weight is 305 g/mol. The summed E-state index contributed by atoms with van der Waals surface area (Å²) < 4.78 is 2.20. The number of nitrogens with zero attached hydrogens (tertiary/aromatic N) is 2. The second kappa shape index (κ2) is 4.03. The van der Waals surface area contributed by atoms with Gasteiger partial charge in [-0.15, -0.1) is 0 Å². The zero-order valence-corrected chi connectivity index (χ0v) is 10.8. The van der Waals surface area contributed by atoms with Gasteiger partial charge in [-0.25, -0.2) is 4.98 Å². The SMILES string of the molecule is Oc1ccccc1-c1nc(Br)c2cccc(O)n12. The van der Waals surface area contributed by atoms with Crippen LogP contribution < -0.4 is 0 Å². The van der Waals surface area contributed by atoms with Gasteiger partial charge in [-0.05, 0) is 40.2 Å². The van der Waals surface area contributed by atoms with Crippen LogP contribution in [0.15, 0.2) is 47.1 Å². The summed E-state index contributed by atoms with van der Waals surface area (Å²) in [5, 5.41) is 19.8. The maximum Gasteiger partial charge on any atom is 0.197 e. The number of aromatic hydroxyl groups is 2. The van der Waals surface area contributed by atoms with Crippen LogP contribution >= 0.6 is 15.9 Å². The Labute approximate surface area is 111 Å². The molecule has 2 heterocycles. The zero-order chi connectivity index (χ0) is 12.7. The van der Waals surface area contributed by atoms with Crippen molar-refractivity contribution in [2.24, 2.45) is 0 Å². The Balaban J connectivity index is 2.41. The summed E-state index contributed by atoms with van der Waals surface area (Å²) in [6.07, 6.45) is 0. The summed E-state index contributed by atoms with van der Waals surface area (Å²) in [6, 6.07) is 12.0. The molecule has 0 aliphatic heterocycles. The van der Waals surface area contributed by atoms with Crippen LogP contribution in [0.1, 0.15) is 0 Å². The first kappa shape index (κ1) is 11.1. The molecule has 0 aliphatic rings. The highest BCUT2D eigenvalue weighted by Gasteiger charge is 2.15. The quantitative estimate of drug-likeness (QED) is 0.726. The summed E-state index contributed by atoms with van der Waals surface area (Å²) >= 11 is 3.35. The van der Waals surface area contributed by atoms with E-state index in [0.29, 0.717) is 16.0 Å². The van der Waals surface area contributed by atoms with Crippen LogP contribution in [-0.4, -0.2) is 19.6 Å². The number of phenolic OH excluding ortho intramolecular Hbond substituents is 1. The first-order valence-corrected chi connectivity index (χ1v) is 6.12. The Morgan fingerprint density at radius 3 is 2.56 bits per heavy atom. The number of hydrogen-bond acceptors (Lipinski definition) is 3. The molecule has 0 bridgehead atoms. The number of rotatable bonds is 1. The molecule has 0 amide bonds. The lowest BCUT2D eigenvalue weighted by Crippen LogP contribution is -1.90. The summed E-state index contributed by atoms with van der Waals surface area (Å²) in [5.41, 5.74) is 1.31. The molecule has 2 aromatic heterocycles. The monoisotopic (exact) mass is 304 g/mol. The van der Waals surface area contributed by atoms with Crippen LogP contribution in [0.4, 0.5) is 0 Å². The van der Waals surface area contributed by atoms with Gasteiger partial charge in [0.15, 0.2) is 11.7 Å². The van der Waals surface area contributed by atoms with Gasteiger partial charge in [0.25, 0.3) is 0 Å². The van der Waals surface area contributed by atoms with E-state index in [1.807, 2.05) is 12.1 Å². The highest BCUT2D eigenvalue weighted by atomic mass is 79.9. The average Bonchev–Trinajstić information content (AvgIpc) is 2.69. The lowest BCUT2D eigenvalue weighted by molar-refractivity contribution is 0.446. The molecular formula is C13H9BrN2O2. The van der Waals surface area contributed by atoms with Crippen LogP contribution in [0.3, 0.4) is 0 Å². The van der Waals surface area contributed by atoms with Gasteiger partial charge in [0, 0.05) is 0 Å². The Bertz CT molecular complexity index is 737. The summed E-state index contributed by atoms with van der Waals surface area (Å²) in [7, 11) is 0. The molecule has 18 heavy (non-hydrogen) atoms. The lowest BCUT2D eigenvalue weighted by Gasteiger charge is -2.05. The second-order valence-electron chi connectivity index (χ2n) is 3.85. The van der Waals surface area contributed by atoms with Gasteiger partial charge in [0.2, 0.25) is 0 Å². The maximum atomic E-state index is 9.94. The van der Waals surface area contributed by atoms with Crippen LogP contribution in [0.5, 0.6) is 11.6 Å². The fourth-order valence-corrected chi connectivity index (χ4v) is 2.40. The van der Waals surface area contributed by atoms with E-state index in [0.717, 1.165) is 5.52 Å². The summed E-state index contributed by atoms with van der Waals surface area (Å²) in [4.78, 5) is 4.34. The number of halogens is 1. The predicted octanol–water partition coefficient (Wildman–Crippen LogP) is 3.18. The minimum Gasteiger partial charge on any atom is -0.507 e. The minimum atomic E-state index is 0.0731. The lowest BCUT2D eigenvalue weighted by atomic mass is 10.2. The van der Waals surface area contributed by atoms with E-state index >= 15 is 0 Å². The van der Waals surface area contributed by atoms with Gasteiger partial charge in [-0.3, -0.25) is 4.40 Å². The van der Waals surface area contributed by atoms with Crippen molar-refractivity contribution in [1.82, 2.24) is 9.38 Å². The van der Waals surface area contributed by atoms with E-state index < -0.39 is 0 Å². The van der Waals surface area contributed by atoms with Gasteiger partial charge in [-0.2, -0.15) is 0 Å². The van der Waals surface area contributed by atoms with E-state index in [2.05, 4.69) is 20.9 Å². The van der Waals surface area contributed by atoms with Crippen LogP contribution in [0.2, 0.25) is 0 Å². The normalized spacial score (nSPS) is 10.9. The maximum absolute atomic E-state index is 9.94. The van der Waals surface area contributed by atoms with Crippen molar-refractivity contribution in [3.8, 4) is 23.0 Å².